The van der Waals surface area contributed by atoms with Gasteiger partial charge in [0.15, 0.2) is 9.84 Å². The molecule has 6 heteroatoms. The molecule has 0 spiro atoms. The third-order valence-corrected chi connectivity index (χ3v) is 6.25. The smallest absolute Gasteiger partial charge is 0.199 e. The Hall–Kier alpha value is -0.430. The van der Waals surface area contributed by atoms with Gasteiger partial charge in [-0.15, -0.1) is 11.3 Å². The third-order valence-electron chi connectivity index (χ3n) is 2.43. The molecule has 0 aliphatic carbocycles. The van der Waals surface area contributed by atoms with Crippen LogP contribution >= 0.6 is 11.3 Å². The summed E-state index contributed by atoms with van der Waals surface area (Å²) < 4.78 is 28.6. The first-order valence-corrected chi connectivity index (χ1v) is 6.55. The third kappa shape index (κ3) is 1.22. The second kappa shape index (κ2) is 3.30. The van der Waals surface area contributed by atoms with Crippen LogP contribution in [0.3, 0.4) is 0 Å². The summed E-state index contributed by atoms with van der Waals surface area (Å²) in [6.07, 6.45) is 0. The molecule has 2 rings (SSSR count). The Morgan fingerprint density at radius 2 is 2.29 bits per heavy atom. The van der Waals surface area contributed by atoms with Crippen molar-refractivity contribution < 1.29 is 13.2 Å². The normalized spacial score (nSPS) is 20.4. The van der Waals surface area contributed by atoms with Gasteiger partial charge in [-0.3, -0.25) is 0 Å². The molecular weight excluding hydrogens is 222 g/mol. The molecule has 0 unspecified atom stereocenters. The monoisotopic (exact) mass is 233 g/mol. The van der Waals surface area contributed by atoms with E-state index in [9.17, 15) is 8.42 Å². The standard InChI is InChI=1S/C8H11NO3S2/c9-4-8(5-12-6-8)14(10,11)7-2-1-3-13-7/h1-3H,4-6,9H2. The topological polar surface area (TPSA) is 69.4 Å². The summed E-state index contributed by atoms with van der Waals surface area (Å²) in [4.78, 5) is 0. The van der Waals surface area contributed by atoms with Gasteiger partial charge in [0.25, 0.3) is 0 Å². The Morgan fingerprint density at radius 1 is 1.57 bits per heavy atom. The van der Waals surface area contributed by atoms with Crippen molar-refractivity contribution in [2.75, 3.05) is 19.8 Å². The van der Waals surface area contributed by atoms with Crippen molar-refractivity contribution in [2.45, 2.75) is 8.96 Å². The average molecular weight is 233 g/mol. The number of thiophene rings is 1. The van der Waals surface area contributed by atoms with Crippen LogP contribution < -0.4 is 5.73 Å². The maximum absolute atomic E-state index is 12.1. The van der Waals surface area contributed by atoms with E-state index in [0.29, 0.717) is 4.21 Å². The van der Waals surface area contributed by atoms with Gasteiger partial charge >= 0.3 is 0 Å². The Labute approximate surface area is 86.6 Å². The highest BCUT2D eigenvalue weighted by atomic mass is 32.2. The highest BCUT2D eigenvalue weighted by Crippen LogP contribution is 2.33. The van der Waals surface area contributed by atoms with E-state index in [0.717, 1.165) is 0 Å². The lowest BCUT2D eigenvalue weighted by Crippen LogP contribution is -2.60. The number of hydrogen-bond donors (Lipinski definition) is 1. The van der Waals surface area contributed by atoms with E-state index in [1.54, 1.807) is 17.5 Å². The molecule has 4 nitrogen and oxygen atoms in total. The molecule has 1 aromatic heterocycles. The minimum atomic E-state index is -3.30. The van der Waals surface area contributed by atoms with Crippen molar-refractivity contribution >= 4 is 21.2 Å². The minimum Gasteiger partial charge on any atom is -0.378 e. The van der Waals surface area contributed by atoms with E-state index in [1.807, 2.05) is 0 Å². The van der Waals surface area contributed by atoms with Gasteiger partial charge in [0.2, 0.25) is 0 Å². The molecule has 0 radical (unpaired) electrons. The van der Waals surface area contributed by atoms with Crippen LogP contribution in [0.5, 0.6) is 0 Å². The molecule has 0 saturated carbocycles. The maximum atomic E-state index is 12.1. The van der Waals surface area contributed by atoms with Gasteiger partial charge in [-0.25, -0.2) is 8.42 Å². The van der Waals surface area contributed by atoms with E-state index >= 15 is 0 Å². The molecule has 2 N–H and O–H groups in total. The summed E-state index contributed by atoms with van der Waals surface area (Å²) >= 11 is 1.22. The first kappa shape index (κ1) is 10.1. The Balaban J connectivity index is 2.42. The maximum Gasteiger partial charge on any atom is 0.199 e. The van der Waals surface area contributed by atoms with Gasteiger partial charge in [0.05, 0.1) is 13.2 Å². The molecule has 1 aliphatic heterocycles. The van der Waals surface area contributed by atoms with Crippen molar-refractivity contribution in [3.05, 3.63) is 17.5 Å². The first-order chi connectivity index (χ1) is 6.62. The molecule has 2 heterocycles. The van der Waals surface area contributed by atoms with Crippen LogP contribution in [0.1, 0.15) is 0 Å². The van der Waals surface area contributed by atoms with Crippen molar-refractivity contribution in [1.82, 2.24) is 0 Å². The Bertz CT molecular complexity index is 400. The van der Waals surface area contributed by atoms with E-state index in [1.165, 1.54) is 11.3 Å². The number of sulfone groups is 1. The molecule has 1 aromatic rings. The van der Waals surface area contributed by atoms with Crippen LogP contribution in [-0.4, -0.2) is 32.9 Å². The fourth-order valence-corrected chi connectivity index (χ4v) is 4.38. The van der Waals surface area contributed by atoms with Gasteiger partial charge in [0, 0.05) is 6.54 Å². The molecule has 1 fully saturated rings. The molecule has 0 atom stereocenters. The Morgan fingerprint density at radius 3 is 2.64 bits per heavy atom. The highest BCUT2D eigenvalue weighted by Gasteiger charge is 2.50. The lowest BCUT2D eigenvalue weighted by molar-refractivity contribution is -0.00915. The van der Waals surface area contributed by atoms with Crippen LogP contribution in [-0.2, 0) is 14.6 Å². The van der Waals surface area contributed by atoms with Gasteiger partial charge in [-0.1, -0.05) is 6.07 Å². The van der Waals surface area contributed by atoms with E-state index in [4.69, 9.17) is 10.5 Å². The quantitative estimate of drug-likeness (QED) is 0.812. The number of hydrogen-bond acceptors (Lipinski definition) is 5. The number of ether oxygens (including phenoxy) is 1. The predicted octanol–water partition coefficient (Wildman–Crippen LogP) is 0.249. The van der Waals surface area contributed by atoms with E-state index in [-0.39, 0.29) is 19.8 Å². The molecule has 1 aliphatic rings. The fraction of sp³-hybridized carbons (Fsp3) is 0.500. The molecule has 1 saturated heterocycles. The first-order valence-electron chi connectivity index (χ1n) is 4.18. The summed E-state index contributed by atoms with van der Waals surface area (Å²) in [5.41, 5.74) is 5.51. The van der Waals surface area contributed by atoms with Crippen LogP contribution in [0.2, 0.25) is 0 Å². The molecule has 0 bridgehead atoms. The highest BCUT2D eigenvalue weighted by molar-refractivity contribution is 7.94. The fourth-order valence-electron chi connectivity index (χ4n) is 1.34. The second-order valence-corrected chi connectivity index (χ2v) is 6.83. The minimum absolute atomic E-state index is 0.118. The lowest BCUT2D eigenvalue weighted by Gasteiger charge is -2.38. The van der Waals surface area contributed by atoms with Crippen LogP contribution in [0.25, 0.3) is 0 Å². The SMILES string of the molecule is NCC1(S(=O)(=O)c2cccs2)COC1. The van der Waals surface area contributed by atoms with Crippen LogP contribution in [0, 0.1) is 0 Å². The number of rotatable bonds is 3. The van der Waals surface area contributed by atoms with Gasteiger partial charge < -0.3 is 10.5 Å². The zero-order valence-electron chi connectivity index (χ0n) is 7.47. The van der Waals surface area contributed by atoms with Crippen molar-refractivity contribution in [2.24, 2.45) is 5.73 Å². The zero-order chi connectivity index (χ0) is 10.2. The average Bonchev–Trinajstić information content (AvgIpc) is 2.53. The summed E-state index contributed by atoms with van der Waals surface area (Å²) in [5.74, 6) is 0. The molecule has 0 amide bonds. The van der Waals surface area contributed by atoms with E-state index < -0.39 is 14.6 Å². The second-order valence-electron chi connectivity index (χ2n) is 3.32. The zero-order valence-corrected chi connectivity index (χ0v) is 9.10. The number of nitrogens with two attached hydrogens (primary N) is 1. The summed E-state index contributed by atoms with van der Waals surface area (Å²) in [7, 11) is -3.30. The van der Waals surface area contributed by atoms with Crippen molar-refractivity contribution in [1.29, 1.82) is 0 Å². The summed E-state index contributed by atoms with van der Waals surface area (Å²) in [6.45, 7) is 0.542. The lowest BCUT2D eigenvalue weighted by atomic mass is 10.1. The Kier molecular flexibility index (Phi) is 2.38. The summed E-state index contributed by atoms with van der Waals surface area (Å²) in [5, 5.41) is 1.75. The van der Waals surface area contributed by atoms with Gasteiger partial charge in [-0.2, -0.15) is 0 Å². The molecule has 0 aromatic carbocycles. The van der Waals surface area contributed by atoms with Crippen LogP contribution in [0.15, 0.2) is 21.7 Å². The van der Waals surface area contributed by atoms with Crippen LogP contribution in [0.4, 0.5) is 0 Å². The predicted molar refractivity (Wildman–Crippen MR) is 54.1 cm³/mol. The molecule has 14 heavy (non-hydrogen) atoms. The molecular formula is C8H11NO3S2. The van der Waals surface area contributed by atoms with Crippen molar-refractivity contribution in [3.8, 4) is 0 Å². The van der Waals surface area contributed by atoms with Gasteiger partial charge in [0.1, 0.15) is 8.96 Å². The molecule has 78 valence electrons. The van der Waals surface area contributed by atoms with Crippen molar-refractivity contribution in [3.63, 3.8) is 0 Å². The van der Waals surface area contributed by atoms with E-state index in [2.05, 4.69) is 0 Å². The van der Waals surface area contributed by atoms with Gasteiger partial charge in [-0.05, 0) is 11.4 Å². The largest absolute Gasteiger partial charge is 0.378 e. The summed E-state index contributed by atoms with van der Waals surface area (Å²) in [6, 6.07) is 3.33.